The molecule has 17 heavy (non-hydrogen) atoms. The van der Waals surface area contributed by atoms with Gasteiger partial charge in [0, 0.05) is 5.75 Å². The Balaban J connectivity index is 2.40. The summed E-state index contributed by atoms with van der Waals surface area (Å²) < 4.78 is 14.3. The van der Waals surface area contributed by atoms with E-state index in [0.29, 0.717) is 11.0 Å². The summed E-state index contributed by atoms with van der Waals surface area (Å²) in [4.78, 5) is 26.0. The first-order valence-corrected chi connectivity index (χ1v) is 5.98. The van der Waals surface area contributed by atoms with E-state index in [4.69, 9.17) is 9.15 Å². The van der Waals surface area contributed by atoms with E-state index in [0.717, 1.165) is 0 Å². The lowest BCUT2D eigenvalue weighted by Gasteiger charge is -1.96. The van der Waals surface area contributed by atoms with E-state index in [1.807, 2.05) is 0 Å². The summed E-state index contributed by atoms with van der Waals surface area (Å²) in [7, 11) is 1.33. The van der Waals surface area contributed by atoms with Crippen LogP contribution in [0.25, 0.3) is 0 Å². The predicted octanol–water partition coefficient (Wildman–Crippen LogP) is 1.51. The summed E-state index contributed by atoms with van der Waals surface area (Å²) in [6.07, 6.45) is 1.50. The molecule has 0 amide bonds. The van der Waals surface area contributed by atoms with Crippen LogP contribution in [0.5, 0.6) is 0 Å². The molecule has 0 spiro atoms. The first-order valence-electron chi connectivity index (χ1n) is 4.99. The highest BCUT2D eigenvalue weighted by atomic mass is 32.2. The number of ether oxygens (including phenoxy) is 2. The van der Waals surface area contributed by atoms with E-state index < -0.39 is 5.97 Å². The Hall–Kier alpha value is -1.50. The van der Waals surface area contributed by atoms with Gasteiger partial charge in [-0.15, -0.1) is 0 Å². The first-order chi connectivity index (χ1) is 8.17. The van der Waals surface area contributed by atoms with Crippen LogP contribution in [0.15, 0.2) is 15.9 Å². The van der Waals surface area contributed by atoms with E-state index in [1.54, 1.807) is 6.92 Å². The summed E-state index contributed by atoms with van der Waals surface area (Å²) in [6.45, 7) is 2.00. The fourth-order valence-corrected chi connectivity index (χ4v) is 1.67. The Kier molecular flexibility index (Phi) is 5.55. The van der Waals surface area contributed by atoms with Crippen LogP contribution in [0.1, 0.15) is 23.8 Å². The maximum Gasteiger partial charge on any atom is 0.360 e. The van der Waals surface area contributed by atoms with Crippen molar-refractivity contribution in [3.63, 3.8) is 0 Å². The van der Waals surface area contributed by atoms with Crippen LogP contribution >= 0.6 is 11.8 Å². The monoisotopic (exact) mass is 259 g/mol. The molecule has 0 saturated heterocycles. The quantitative estimate of drug-likeness (QED) is 0.566. The SMILES string of the molecule is CCOC(=O)c1coc(SCCC(=O)OC)n1. The summed E-state index contributed by atoms with van der Waals surface area (Å²) in [5.74, 6) is -0.333. The van der Waals surface area contributed by atoms with Gasteiger partial charge in [-0.1, -0.05) is 11.8 Å². The van der Waals surface area contributed by atoms with Crippen molar-refractivity contribution >= 4 is 23.7 Å². The molecule has 0 aliphatic rings. The van der Waals surface area contributed by atoms with Crippen molar-refractivity contribution < 1.29 is 23.5 Å². The highest BCUT2D eigenvalue weighted by Gasteiger charge is 2.13. The van der Waals surface area contributed by atoms with Gasteiger partial charge in [-0.3, -0.25) is 4.79 Å². The van der Waals surface area contributed by atoms with Crippen molar-refractivity contribution in [3.8, 4) is 0 Å². The molecule has 0 atom stereocenters. The number of nitrogens with zero attached hydrogens (tertiary/aromatic N) is 1. The lowest BCUT2D eigenvalue weighted by atomic mass is 10.5. The van der Waals surface area contributed by atoms with Crippen LogP contribution < -0.4 is 0 Å². The summed E-state index contributed by atoms with van der Waals surface area (Å²) in [5.41, 5.74) is 0.132. The fraction of sp³-hybridized carbons (Fsp3) is 0.500. The van der Waals surface area contributed by atoms with Crippen LogP contribution in [0.4, 0.5) is 0 Å². The predicted molar refractivity (Wildman–Crippen MR) is 59.8 cm³/mol. The summed E-state index contributed by atoms with van der Waals surface area (Å²) >= 11 is 1.23. The second-order valence-electron chi connectivity index (χ2n) is 2.89. The van der Waals surface area contributed by atoms with Crippen LogP contribution in [0.2, 0.25) is 0 Å². The van der Waals surface area contributed by atoms with Crippen molar-refractivity contribution in [2.45, 2.75) is 18.6 Å². The number of hydrogen-bond acceptors (Lipinski definition) is 7. The smallest absolute Gasteiger partial charge is 0.360 e. The zero-order chi connectivity index (χ0) is 12.7. The molecule has 0 saturated carbocycles. The van der Waals surface area contributed by atoms with E-state index in [-0.39, 0.29) is 24.7 Å². The maximum atomic E-state index is 11.3. The molecule has 0 radical (unpaired) electrons. The number of esters is 2. The molecular weight excluding hydrogens is 246 g/mol. The number of aromatic nitrogens is 1. The normalized spacial score (nSPS) is 10.0. The largest absolute Gasteiger partial charge is 0.469 e. The molecule has 1 aromatic rings. The molecular formula is C10H13NO5S. The van der Waals surface area contributed by atoms with Crippen molar-refractivity contribution in [3.05, 3.63) is 12.0 Å². The van der Waals surface area contributed by atoms with Gasteiger partial charge in [0.05, 0.1) is 20.1 Å². The third kappa shape index (κ3) is 4.48. The van der Waals surface area contributed by atoms with E-state index in [1.165, 1.54) is 25.1 Å². The average Bonchev–Trinajstić information content (AvgIpc) is 2.78. The second-order valence-corrected chi connectivity index (χ2v) is 3.94. The summed E-state index contributed by atoms with van der Waals surface area (Å²) in [5, 5.41) is 0.331. The number of rotatable bonds is 6. The molecule has 0 unspecified atom stereocenters. The summed E-state index contributed by atoms with van der Waals surface area (Å²) in [6, 6.07) is 0. The van der Waals surface area contributed by atoms with E-state index >= 15 is 0 Å². The number of thioether (sulfide) groups is 1. The van der Waals surface area contributed by atoms with Gasteiger partial charge in [0.1, 0.15) is 6.26 Å². The molecule has 6 nitrogen and oxygen atoms in total. The number of carbonyl (C=O) groups excluding carboxylic acids is 2. The molecule has 1 heterocycles. The minimum Gasteiger partial charge on any atom is -0.469 e. The van der Waals surface area contributed by atoms with Gasteiger partial charge >= 0.3 is 11.9 Å². The van der Waals surface area contributed by atoms with Gasteiger partial charge in [-0.25, -0.2) is 4.79 Å². The van der Waals surface area contributed by atoms with Crippen molar-refractivity contribution in [1.29, 1.82) is 0 Å². The van der Waals surface area contributed by atoms with Gasteiger partial charge in [-0.05, 0) is 6.92 Å². The second kappa shape index (κ2) is 6.95. The third-order valence-electron chi connectivity index (χ3n) is 1.73. The Morgan fingerprint density at radius 1 is 1.53 bits per heavy atom. The molecule has 1 aromatic heterocycles. The zero-order valence-corrected chi connectivity index (χ0v) is 10.4. The van der Waals surface area contributed by atoms with Gasteiger partial charge in [0.2, 0.25) is 0 Å². The minimum atomic E-state index is -0.518. The molecule has 0 N–H and O–H groups in total. The molecule has 0 aliphatic heterocycles. The van der Waals surface area contributed by atoms with Gasteiger partial charge in [0.15, 0.2) is 5.69 Å². The molecule has 0 aliphatic carbocycles. The van der Waals surface area contributed by atoms with Crippen molar-refractivity contribution in [2.75, 3.05) is 19.5 Å². The van der Waals surface area contributed by atoms with Gasteiger partial charge < -0.3 is 13.9 Å². The highest BCUT2D eigenvalue weighted by Crippen LogP contribution is 2.18. The van der Waals surface area contributed by atoms with Crippen LogP contribution in [0.3, 0.4) is 0 Å². The molecule has 1 rings (SSSR count). The minimum absolute atomic E-state index is 0.132. The van der Waals surface area contributed by atoms with E-state index in [2.05, 4.69) is 9.72 Å². The van der Waals surface area contributed by atoms with Gasteiger partial charge in [-0.2, -0.15) is 4.98 Å². The number of methoxy groups -OCH3 is 1. The Morgan fingerprint density at radius 2 is 2.29 bits per heavy atom. The molecule has 7 heteroatoms. The van der Waals surface area contributed by atoms with Gasteiger partial charge in [0.25, 0.3) is 5.22 Å². The first kappa shape index (κ1) is 13.6. The van der Waals surface area contributed by atoms with Crippen LogP contribution in [-0.4, -0.2) is 36.4 Å². The highest BCUT2D eigenvalue weighted by molar-refractivity contribution is 7.99. The Bertz CT molecular complexity index is 390. The number of hydrogen-bond donors (Lipinski definition) is 0. The zero-order valence-electron chi connectivity index (χ0n) is 9.60. The molecule has 94 valence electrons. The Labute approximate surface area is 103 Å². The fourth-order valence-electron chi connectivity index (χ4n) is 0.946. The van der Waals surface area contributed by atoms with Crippen molar-refractivity contribution in [1.82, 2.24) is 4.98 Å². The standard InChI is InChI=1S/C10H13NO5S/c1-3-15-9(13)7-6-16-10(11-7)17-5-4-8(12)14-2/h6H,3-5H2,1-2H3. The molecule has 0 aromatic carbocycles. The molecule has 0 fully saturated rings. The number of oxazole rings is 1. The van der Waals surface area contributed by atoms with E-state index in [9.17, 15) is 9.59 Å². The average molecular weight is 259 g/mol. The van der Waals surface area contributed by atoms with Crippen LogP contribution in [-0.2, 0) is 14.3 Å². The molecule has 0 bridgehead atoms. The number of carbonyl (C=O) groups is 2. The maximum absolute atomic E-state index is 11.3. The Morgan fingerprint density at radius 3 is 2.94 bits per heavy atom. The van der Waals surface area contributed by atoms with Crippen LogP contribution in [0, 0.1) is 0 Å². The lowest BCUT2D eigenvalue weighted by Crippen LogP contribution is -2.04. The topological polar surface area (TPSA) is 78.6 Å². The lowest BCUT2D eigenvalue weighted by molar-refractivity contribution is -0.140. The van der Waals surface area contributed by atoms with Crippen molar-refractivity contribution in [2.24, 2.45) is 0 Å². The third-order valence-corrected chi connectivity index (χ3v) is 2.57.